The van der Waals surface area contributed by atoms with Gasteiger partial charge >= 0.3 is 7.60 Å². The molecule has 8 rings (SSSR count). The van der Waals surface area contributed by atoms with Crippen LogP contribution in [0.1, 0.15) is 78.5 Å². The number of methoxy groups -OCH3 is 1. The highest BCUT2D eigenvalue weighted by atomic mass is 35.5. The highest BCUT2D eigenvalue weighted by Gasteiger charge is 2.45. The fourth-order valence-corrected chi connectivity index (χ4v) is 11.9. The maximum Gasteiger partial charge on any atom is 0.362 e. The molecule has 0 spiro atoms. The number of nitrogens with one attached hydrogen (secondary N) is 3. The molecule has 1 atom stereocenters. The predicted octanol–water partition coefficient (Wildman–Crippen LogP) is 7.47. The smallest absolute Gasteiger partial charge is 0.362 e. The highest BCUT2D eigenvalue weighted by Crippen LogP contribution is 2.47. The molecule has 4 aromatic rings. The van der Waals surface area contributed by atoms with Crippen molar-refractivity contribution in [2.24, 2.45) is 0 Å². The van der Waals surface area contributed by atoms with Gasteiger partial charge < -0.3 is 34.2 Å². The van der Waals surface area contributed by atoms with Crippen molar-refractivity contribution in [3.05, 3.63) is 83.0 Å². The van der Waals surface area contributed by atoms with Crippen LogP contribution >= 0.6 is 31.0 Å². The molecule has 20 heteroatoms. The van der Waals surface area contributed by atoms with Gasteiger partial charge in [-0.15, -0.1) is 11.8 Å². The van der Waals surface area contributed by atoms with E-state index in [2.05, 4.69) is 46.7 Å². The molecule has 4 aliphatic heterocycles. The molecule has 3 N–H and O–H groups in total. The highest BCUT2D eigenvalue weighted by molar-refractivity contribution is 7.99. The number of halogens is 1. The Labute approximate surface area is 406 Å². The van der Waals surface area contributed by atoms with E-state index in [1.807, 2.05) is 18.2 Å². The molecule has 3 saturated heterocycles. The maximum absolute atomic E-state index is 13.4. The van der Waals surface area contributed by atoms with Gasteiger partial charge in [-0.25, -0.2) is 4.98 Å². The predicted molar refractivity (Wildman–Crippen MR) is 264 cm³/mol. The van der Waals surface area contributed by atoms with Crippen LogP contribution in [0.2, 0.25) is 5.02 Å². The number of imide groups is 2. The van der Waals surface area contributed by atoms with Crippen molar-refractivity contribution in [1.82, 2.24) is 30.0 Å². The summed E-state index contributed by atoms with van der Waals surface area (Å²) in [4.78, 5) is 69.1. The molecule has 3 fully saturated rings. The van der Waals surface area contributed by atoms with Gasteiger partial charge in [-0.2, -0.15) is 4.98 Å². The van der Waals surface area contributed by atoms with Crippen LogP contribution in [0, 0.1) is 0 Å². The lowest BCUT2D eigenvalue weighted by Gasteiger charge is -2.43. The average molecular weight is 989 g/mol. The zero-order valence-corrected chi connectivity index (χ0v) is 41.2. The number of aromatic nitrogens is 2. The van der Waals surface area contributed by atoms with Gasteiger partial charge in [-0.05, 0) is 80.8 Å². The number of carbonyl (C=O) groups is 4. The van der Waals surface area contributed by atoms with Crippen LogP contribution < -0.4 is 30.9 Å². The summed E-state index contributed by atoms with van der Waals surface area (Å²) < 4.78 is 29.5. The summed E-state index contributed by atoms with van der Waals surface area (Å²) >= 11 is 8.08. The normalized spacial score (nSPS) is 18.5. The van der Waals surface area contributed by atoms with E-state index in [-0.39, 0.29) is 23.8 Å². The molecule has 3 aromatic carbocycles. The Hall–Kier alpha value is -5.07. The molecule has 362 valence electrons. The van der Waals surface area contributed by atoms with E-state index in [9.17, 15) is 23.7 Å². The van der Waals surface area contributed by atoms with E-state index < -0.39 is 31.4 Å². The van der Waals surface area contributed by atoms with Crippen molar-refractivity contribution in [2.75, 3.05) is 88.4 Å². The van der Waals surface area contributed by atoms with Gasteiger partial charge in [-0.1, -0.05) is 49.1 Å². The first kappa shape index (κ1) is 49.4. The lowest BCUT2D eigenvalue weighted by atomic mass is 10.0. The number of benzene rings is 3. The van der Waals surface area contributed by atoms with E-state index in [4.69, 9.17) is 25.4 Å². The van der Waals surface area contributed by atoms with E-state index in [1.165, 1.54) is 33.3 Å². The van der Waals surface area contributed by atoms with Gasteiger partial charge in [0.05, 0.1) is 41.1 Å². The summed E-state index contributed by atoms with van der Waals surface area (Å²) in [6, 6.07) is 18.0. The Morgan fingerprint density at radius 3 is 2.32 bits per heavy atom. The summed E-state index contributed by atoms with van der Waals surface area (Å²) in [7, 11) is 0.755. The molecule has 0 radical (unpaired) electrons. The topological polar surface area (TPSA) is 188 Å². The first-order chi connectivity index (χ1) is 33.0. The van der Waals surface area contributed by atoms with Gasteiger partial charge in [0.15, 0.2) is 5.82 Å². The number of hydrogen-bond acceptors (Lipinski definition) is 16. The minimum absolute atomic E-state index is 0.102. The van der Waals surface area contributed by atoms with Crippen molar-refractivity contribution in [1.29, 1.82) is 0 Å². The molecule has 1 aromatic heterocycles. The number of rotatable bonds is 20. The molecule has 68 heavy (non-hydrogen) atoms. The lowest BCUT2D eigenvalue weighted by Crippen LogP contribution is -2.54. The Morgan fingerprint density at radius 1 is 0.824 bits per heavy atom. The quantitative estimate of drug-likeness (QED) is 0.0342. The number of unbranched alkanes of at least 4 members (excludes halogenated alkanes) is 4. The van der Waals surface area contributed by atoms with Crippen molar-refractivity contribution >= 4 is 88.7 Å². The van der Waals surface area contributed by atoms with Crippen LogP contribution in [0.25, 0.3) is 0 Å². The zero-order chi connectivity index (χ0) is 47.8. The Bertz CT molecular complexity index is 2530. The van der Waals surface area contributed by atoms with Crippen LogP contribution in [0.15, 0.2) is 71.8 Å². The largest absolute Gasteiger partial charge is 0.494 e. The van der Waals surface area contributed by atoms with Gasteiger partial charge in [-0.3, -0.25) is 38.9 Å². The number of carbonyl (C=O) groups excluding carboxylic acids is 4. The van der Waals surface area contributed by atoms with Crippen molar-refractivity contribution in [2.45, 2.75) is 74.8 Å². The third-order valence-electron chi connectivity index (χ3n) is 13.2. The number of piperazine rings is 1. The fourth-order valence-electron chi connectivity index (χ4n) is 9.43. The molecule has 17 nitrogen and oxygen atoms in total. The second-order valence-corrected chi connectivity index (χ2v) is 21.0. The number of hydrogen-bond donors (Lipinski definition) is 3. The van der Waals surface area contributed by atoms with E-state index in [1.54, 1.807) is 55.3 Å². The summed E-state index contributed by atoms with van der Waals surface area (Å²) in [5, 5.41) is 9.30. The minimum atomic E-state index is -3.56. The molecular formula is C48H59ClN9O8PS. The first-order valence-corrected chi connectivity index (χ1v) is 26.1. The first-order valence-electron chi connectivity index (χ1n) is 23.2. The van der Waals surface area contributed by atoms with Crippen LogP contribution in [-0.2, 0) is 23.2 Å². The number of fused-ring (bicyclic) bond motifs is 1. The Kier molecular flexibility index (Phi) is 16.4. The van der Waals surface area contributed by atoms with Crippen molar-refractivity contribution in [3.63, 3.8) is 0 Å². The van der Waals surface area contributed by atoms with E-state index in [0.29, 0.717) is 51.4 Å². The van der Waals surface area contributed by atoms with Gasteiger partial charge in [0.2, 0.25) is 17.8 Å². The van der Waals surface area contributed by atoms with E-state index >= 15 is 0 Å². The number of anilines is 5. The van der Waals surface area contributed by atoms with Crippen molar-refractivity contribution < 1.29 is 37.5 Å². The maximum atomic E-state index is 13.4. The second kappa shape index (κ2) is 22.6. The Balaban J connectivity index is 0.728. The van der Waals surface area contributed by atoms with E-state index in [0.717, 1.165) is 99.2 Å². The third-order valence-corrected chi connectivity index (χ3v) is 16.5. The van der Waals surface area contributed by atoms with Crippen LogP contribution in [0.3, 0.4) is 0 Å². The van der Waals surface area contributed by atoms with Crippen LogP contribution in [0.5, 0.6) is 5.75 Å². The molecule has 0 saturated carbocycles. The minimum Gasteiger partial charge on any atom is -0.494 e. The molecule has 0 bridgehead atoms. The molecule has 0 aliphatic carbocycles. The van der Waals surface area contributed by atoms with Crippen LogP contribution in [-0.4, -0.2) is 133 Å². The fraction of sp³-hybridized carbons (Fsp3) is 0.458. The number of amides is 4. The zero-order valence-electron chi connectivity index (χ0n) is 38.7. The summed E-state index contributed by atoms with van der Waals surface area (Å²) in [5.74, 6) is 0.208. The standard InChI is InChI=1S/C48H59ClN9O8PS/c1-64-39-30-33(16-17-36(39)52-48-50-31-35(49)44(54-48)51-37-13-7-8-14-40(37)67(63,65-2)66-3)56-23-20-32(21-24-56)57-27-25-55(26-28-57)22-9-5-4-6-10-29-68-41-15-11-12-34-43(41)47(62)58(46(34)61)38-18-19-42(59)53-45(38)60/h7-8,11-17,30-32,38H,4-6,9-10,18-29H2,1-3H3,(H,53,59,60)(H2,50,51,52,54). The van der Waals surface area contributed by atoms with Gasteiger partial charge in [0, 0.05) is 82.6 Å². The number of para-hydroxylation sites is 1. The molecule has 4 amide bonds. The van der Waals surface area contributed by atoms with Gasteiger partial charge in [0.1, 0.15) is 16.8 Å². The monoisotopic (exact) mass is 987 g/mol. The molecule has 5 heterocycles. The molecular weight excluding hydrogens is 929 g/mol. The second-order valence-electron chi connectivity index (χ2n) is 17.2. The number of nitrogens with zero attached hydrogens (tertiary/aromatic N) is 6. The van der Waals surface area contributed by atoms with Crippen LogP contribution in [0.4, 0.5) is 28.8 Å². The number of ether oxygens (including phenoxy) is 1. The number of thioether (sulfide) groups is 1. The Morgan fingerprint density at radius 2 is 1.57 bits per heavy atom. The van der Waals surface area contributed by atoms with Crippen molar-refractivity contribution in [3.8, 4) is 5.75 Å². The summed E-state index contributed by atoms with van der Waals surface area (Å²) in [6.45, 7) is 7.42. The average Bonchev–Trinajstić information content (AvgIpc) is 3.62. The third kappa shape index (κ3) is 11.2. The SMILES string of the molecule is COc1cc(N2CCC(N3CCN(CCCCCCCSc4cccc5c4C(=O)N(C4CCC(=O)NC4=O)C5=O)CC3)CC2)ccc1Nc1ncc(Cl)c(Nc2ccccc2P(=O)(OC)OC)n1. The summed E-state index contributed by atoms with van der Waals surface area (Å²) in [6.07, 6.45) is 9.57. The molecule has 4 aliphatic rings. The molecule has 1 unspecified atom stereocenters. The van der Waals surface area contributed by atoms with Gasteiger partial charge in [0.25, 0.3) is 11.8 Å². The number of piperidine rings is 2. The lowest BCUT2D eigenvalue weighted by molar-refractivity contribution is -0.136. The summed E-state index contributed by atoms with van der Waals surface area (Å²) in [5.41, 5.74) is 2.97.